The highest BCUT2D eigenvalue weighted by molar-refractivity contribution is 6.05. The second kappa shape index (κ2) is 15.1. The van der Waals surface area contributed by atoms with Crippen molar-refractivity contribution in [3.8, 4) is 0 Å². The number of nitrogens with one attached hydrogen (secondary N) is 2. The molecule has 45 heavy (non-hydrogen) atoms. The summed E-state index contributed by atoms with van der Waals surface area (Å²) < 4.78 is 11.8. The third-order valence-electron chi connectivity index (χ3n) is 10.00. The number of aromatic nitrogens is 1. The SMILES string of the molecule is C=C(C)C(=O)OCCCC(CC)(CC)C(=O)Nc1[nH]c(C=O)c(C(C)C)c1C(=O)OC1C(C(C)(C)C)CC(C)CC1C(C)(C)C. The van der Waals surface area contributed by atoms with Crippen molar-refractivity contribution in [2.75, 3.05) is 11.9 Å². The van der Waals surface area contributed by atoms with Gasteiger partial charge in [0.15, 0.2) is 6.29 Å². The van der Waals surface area contributed by atoms with Crippen LogP contribution in [0.1, 0.15) is 154 Å². The van der Waals surface area contributed by atoms with E-state index in [9.17, 15) is 19.2 Å². The van der Waals surface area contributed by atoms with Gasteiger partial charge in [0.05, 0.1) is 12.3 Å². The van der Waals surface area contributed by atoms with Crippen molar-refractivity contribution in [3.63, 3.8) is 0 Å². The van der Waals surface area contributed by atoms with Crippen LogP contribution in [0, 0.1) is 34.0 Å². The van der Waals surface area contributed by atoms with Gasteiger partial charge in [-0.2, -0.15) is 0 Å². The van der Waals surface area contributed by atoms with Crippen LogP contribution >= 0.6 is 0 Å². The summed E-state index contributed by atoms with van der Waals surface area (Å²) in [7, 11) is 0. The fourth-order valence-corrected chi connectivity index (χ4v) is 7.07. The first-order chi connectivity index (χ1) is 20.7. The summed E-state index contributed by atoms with van der Waals surface area (Å²) in [5.41, 5.74) is 0.398. The van der Waals surface area contributed by atoms with E-state index in [1.807, 2.05) is 27.7 Å². The standard InChI is InChI=1S/C37H60N2O6/c1-14-37(15-2,17-16-18-44-32(41)23(5)6)34(43)39-31-29(28(22(3)4)27(21-40)38-31)33(42)45-30-25(35(8,9)10)19-24(7)20-26(30)36(11,12)13/h21-22,24-26,30,38H,5,14-20H2,1-4,6-13H3,(H,39,43). The van der Waals surface area contributed by atoms with E-state index in [0.29, 0.717) is 49.0 Å². The molecule has 0 saturated heterocycles. The maximum absolute atomic E-state index is 14.3. The summed E-state index contributed by atoms with van der Waals surface area (Å²) in [4.78, 5) is 55.5. The van der Waals surface area contributed by atoms with E-state index < -0.39 is 17.4 Å². The third kappa shape index (κ3) is 9.10. The number of ether oxygens (including phenoxy) is 2. The molecule has 0 aliphatic heterocycles. The van der Waals surface area contributed by atoms with Crippen LogP contribution in [-0.4, -0.2) is 41.8 Å². The van der Waals surface area contributed by atoms with Crippen LogP contribution in [0.25, 0.3) is 0 Å². The quantitative estimate of drug-likeness (QED) is 0.0976. The zero-order valence-corrected chi connectivity index (χ0v) is 30.1. The van der Waals surface area contributed by atoms with E-state index in [-0.39, 0.29) is 64.3 Å². The number of esters is 2. The Labute approximate surface area is 271 Å². The van der Waals surface area contributed by atoms with Crippen molar-refractivity contribution < 1.29 is 28.7 Å². The van der Waals surface area contributed by atoms with E-state index in [0.717, 1.165) is 12.8 Å². The Kier molecular flexibility index (Phi) is 12.9. The smallest absolute Gasteiger partial charge is 0.342 e. The minimum Gasteiger partial charge on any atom is -0.462 e. The van der Waals surface area contributed by atoms with Crippen LogP contribution in [0.5, 0.6) is 0 Å². The van der Waals surface area contributed by atoms with Gasteiger partial charge in [-0.05, 0) is 73.7 Å². The molecule has 1 aromatic heterocycles. The molecule has 1 aliphatic rings. The molecule has 1 saturated carbocycles. The van der Waals surface area contributed by atoms with E-state index in [2.05, 4.69) is 65.3 Å². The summed E-state index contributed by atoms with van der Waals surface area (Å²) in [6.45, 7) is 28.6. The maximum atomic E-state index is 14.3. The first-order valence-corrected chi connectivity index (χ1v) is 16.8. The zero-order valence-electron chi connectivity index (χ0n) is 30.1. The molecule has 1 fully saturated rings. The minimum absolute atomic E-state index is 0.0896. The summed E-state index contributed by atoms with van der Waals surface area (Å²) in [5, 5.41) is 3.00. The number of hydrogen-bond donors (Lipinski definition) is 2. The largest absolute Gasteiger partial charge is 0.462 e. The number of H-pyrrole nitrogens is 1. The predicted molar refractivity (Wildman–Crippen MR) is 180 cm³/mol. The molecule has 254 valence electrons. The minimum atomic E-state index is -0.768. The summed E-state index contributed by atoms with van der Waals surface area (Å²) in [6.07, 6.45) is 4.35. The first-order valence-electron chi connectivity index (χ1n) is 16.8. The van der Waals surface area contributed by atoms with Crippen LogP contribution in [0.15, 0.2) is 12.2 Å². The highest BCUT2D eigenvalue weighted by atomic mass is 16.5. The van der Waals surface area contributed by atoms with Crippen LogP contribution in [0.4, 0.5) is 5.82 Å². The Hall–Kier alpha value is -2.90. The lowest BCUT2D eigenvalue weighted by atomic mass is 9.59. The Morgan fingerprint density at radius 1 is 1.02 bits per heavy atom. The van der Waals surface area contributed by atoms with Crippen molar-refractivity contribution in [2.45, 2.75) is 134 Å². The van der Waals surface area contributed by atoms with E-state index in [1.54, 1.807) is 6.92 Å². The molecule has 1 amide bonds. The predicted octanol–water partition coefficient (Wildman–Crippen LogP) is 8.87. The van der Waals surface area contributed by atoms with Crippen molar-refractivity contribution in [2.24, 2.45) is 34.0 Å². The molecule has 1 aliphatic carbocycles. The molecule has 2 N–H and O–H groups in total. The maximum Gasteiger partial charge on any atom is 0.342 e. The van der Waals surface area contributed by atoms with Gasteiger partial charge in [0.2, 0.25) is 5.91 Å². The van der Waals surface area contributed by atoms with Gasteiger partial charge in [-0.1, -0.05) is 82.7 Å². The monoisotopic (exact) mass is 628 g/mol. The number of rotatable bonds is 13. The number of carbonyl (C=O) groups is 4. The van der Waals surface area contributed by atoms with Crippen LogP contribution in [0.3, 0.4) is 0 Å². The molecule has 2 rings (SSSR count). The normalized spacial score (nSPS) is 20.9. The van der Waals surface area contributed by atoms with Gasteiger partial charge in [-0.25, -0.2) is 9.59 Å². The van der Waals surface area contributed by atoms with Gasteiger partial charge in [0.1, 0.15) is 17.5 Å². The number of hydrogen-bond acceptors (Lipinski definition) is 6. The zero-order chi connectivity index (χ0) is 34.5. The average Bonchev–Trinajstić information content (AvgIpc) is 3.31. The number of aldehydes is 1. The summed E-state index contributed by atoms with van der Waals surface area (Å²) in [5.74, 6) is -0.422. The highest BCUT2D eigenvalue weighted by Crippen LogP contribution is 2.50. The number of amides is 1. The average molecular weight is 629 g/mol. The molecule has 1 heterocycles. The van der Waals surface area contributed by atoms with Crippen molar-refractivity contribution in [1.82, 2.24) is 4.98 Å². The molecule has 0 aromatic carbocycles. The van der Waals surface area contributed by atoms with Crippen LogP contribution in [-0.2, 0) is 19.1 Å². The number of carbonyl (C=O) groups excluding carboxylic acids is 4. The molecule has 2 atom stereocenters. The Morgan fingerprint density at radius 3 is 1.98 bits per heavy atom. The van der Waals surface area contributed by atoms with Crippen LogP contribution in [0.2, 0.25) is 0 Å². The third-order valence-corrected chi connectivity index (χ3v) is 10.00. The summed E-state index contributed by atoms with van der Waals surface area (Å²) >= 11 is 0. The van der Waals surface area contributed by atoms with Crippen molar-refractivity contribution in [1.29, 1.82) is 0 Å². The van der Waals surface area contributed by atoms with Crippen molar-refractivity contribution >= 4 is 29.9 Å². The molecule has 0 spiro atoms. The van der Waals surface area contributed by atoms with Gasteiger partial charge in [0, 0.05) is 22.8 Å². The lowest BCUT2D eigenvalue weighted by Crippen LogP contribution is -2.49. The number of anilines is 1. The molecule has 0 bridgehead atoms. The molecule has 8 heteroatoms. The Bertz CT molecular complexity index is 1200. The van der Waals surface area contributed by atoms with Gasteiger partial charge in [-0.3, -0.25) is 9.59 Å². The molecule has 8 nitrogen and oxygen atoms in total. The fraction of sp³-hybridized carbons (Fsp3) is 0.730. The van der Waals surface area contributed by atoms with E-state index >= 15 is 0 Å². The Balaban J connectivity index is 2.52. The second-order valence-corrected chi connectivity index (χ2v) is 15.8. The van der Waals surface area contributed by atoms with Crippen molar-refractivity contribution in [3.05, 3.63) is 29.0 Å². The first kappa shape index (κ1) is 38.3. The lowest BCUT2D eigenvalue weighted by Gasteiger charge is -2.50. The van der Waals surface area contributed by atoms with Gasteiger partial charge >= 0.3 is 11.9 Å². The fourth-order valence-electron chi connectivity index (χ4n) is 7.07. The molecular weight excluding hydrogens is 568 g/mol. The highest BCUT2D eigenvalue weighted by Gasteiger charge is 2.48. The van der Waals surface area contributed by atoms with E-state index in [4.69, 9.17) is 9.47 Å². The Morgan fingerprint density at radius 2 is 1.56 bits per heavy atom. The second-order valence-electron chi connectivity index (χ2n) is 15.8. The van der Waals surface area contributed by atoms with Crippen LogP contribution < -0.4 is 5.32 Å². The lowest BCUT2D eigenvalue weighted by molar-refractivity contribution is -0.139. The molecule has 2 unspecified atom stereocenters. The van der Waals surface area contributed by atoms with Gasteiger partial charge in [0.25, 0.3) is 0 Å². The topological polar surface area (TPSA) is 115 Å². The molecule has 0 radical (unpaired) electrons. The van der Waals surface area contributed by atoms with Gasteiger partial charge in [-0.15, -0.1) is 0 Å². The molecular formula is C37H60N2O6. The van der Waals surface area contributed by atoms with E-state index in [1.165, 1.54) is 0 Å². The van der Waals surface area contributed by atoms with Gasteiger partial charge < -0.3 is 19.8 Å². The number of aromatic amines is 1. The summed E-state index contributed by atoms with van der Waals surface area (Å²) in [6, 6.07) is 0. The molecule has 1 aromatic rings.